The van der Waals surface area contributed by atoms with E-state index in [1.54, 1.807) is 31.2 Å². The molecule has 5 rings (SSSR count). The molecule has 0 aromatic heterocycles. The van der Waals surface area contributed by atoms with Gasteiger partial charge in [-0.05, 0) is 101 Å². The third-order valence-corrected chi connectivity index (χ3v) is 16.2. The number of anilines is 1. The number of carbonyl (C=O) groups is 9. The van der Waals surface area contributed by atoms with E-state index < -0.39 is 42.2 Å². The third kappa shape index (κ3) is 24.4. The second-order valence-corrected chi connectivity index (χ2v) is 24.1. The van der Waals surface area contributed by atoms with Gasteiger partial charge < -0.3 is 66.2 Å². The van der Waals surface area contributed by atoms with Gasteiger partial charge in [0.25, 0.3) is 0 Å². The number of benzene rings is 1. The molecule has 8 amide bonds. The summed E-state index contributed by atoms with van der Waals surface area (Å²) in [5.41, 5.74) is 12.6. The van der Waals surface area contributed by atoms with Gasteiger partial charge in [0.05, 0.1) is 60.9 Å². The van der Waals surface area contributed by atoms with Gasteiger partial charge in [0, 0.05) is 82.5 Å². The van der Waals surface area contributed by atoms with Gasteiger partial charge in [0.15, 0.2) is 5.78 Å². The number of thioether (sulfide) groups is 1. The molecule has 4 fully saturated rings. The largest absolute Gasteiger partial charge is 0.445 e. The van der Waals surface area contributed by atoms with Crippen molar-refractivity contribution in [2.45, 2.75) is 186 Å². The summed E-state index contributed by atoms with van der Waals surface area (Å²) in [5, 5.41) is 11.3. The van der Waals surface area contributed by atoms with E-state index in [-0.39, 0.29) is 142 Å². The predicted molar refractivity (Wildman–Crippen MR) is 319 cm³/mol. The lowest BCUT2D eigenvalue weighted by molar-refractivity contribution is -0.131. The number of carbonyl (C=O) groups excluding carboxylic acids is 9. The van der Waals surface area contributed by atoms with Crippen LogP contribution in [-0.4, -0.2) is 163 Å². The van der Waals surface area contributed by atoms with Gasteiger partial charge in [0.2, 0.25) is 23.6 Å². The minimum Gasteiger partial charge on any atom is -0.445 e. The Bertz CT molecular complexity index is 2480. The Balaban J connectivity index is 0.985. The molecule has 1 aromatic rings. The lowest BCUT2D eigenvalue weighted by Crippen LogP contribution is -2.51. The summed E-state index contributed by atoms with van der Waals surface area (Å²) < 4.78 is 29.4. The molecule has 0 unspecified atom stereocenters. The number of nitrogens with zero attached hydrogens (tertiary/aromatic N) is 2. The summed E-state index contributed by atoms with van der Waals surface area (Å²) >= 11 is 1.51. The van der Waals surface area contributed by atoms with Crippen LogP contribution in [-0.2, 0) is 59.1 Å². The molecule has 4 heterocycles. The first kappa shape index (κ1) is 68.5. The van der Waals surface area contributed by atoms with Crippen LogP contribution in [0.1, 0.15) is 137 Å². The molecule has 22 nitrogen and oxygen atoms in total. The molecule has 0 bridgehead atoms. The number of nitrogens with one attached hydrogen (secondary N) is 4. The molecule has 466 valence electrons. The Morgan fingerprint density at radius 1 is 0.869 bits per heavy atom. The number of unbranched alkanes of at least 4 members (excludes halogenated alkanes) is 3. The van der Waals surface area contributed by atoms with Crippen molar-refractivity contribution in [1.29, 1.82) is 0 Å². The van der Waals surface area contributed by atoms with Crippen molar-refractivity contribution in [2.24, 2.45) is 29.2 Å². The highest BCUT2D eigenvalue weighted by Gasteiger charge is 2.51. The van der Waals surface area contributed by atoms with Gasteiger partial charge in [-0.15, -0.1) is 0 Å². The number of rotatable bonds is 32. The highest BCUT2D eigenvalue weighted by molar-refractivity contribution is 7.99. The SMILES string of the molecule is CSCC(=O)CCCCCCC(=O)N[C@H](C(=O)C[C@@H](CCCNC(N)=O)C(=O)Nc1ccc(COC(=O)N2CCN(C(=O)O[C@@H](C)/C=C\C(=O)N[C@@H]3C[C@H](C)[C@H](C/C=C(C)/C=C/[C@@H]4C[C@]5(CO5)C[C@@H](CC(N)=O)O4)O[C@@H]3C)CC2)cc1)C(C)C. The van der Waals surface area contributed by atoms with Crippen LogP contribution in [0.4, 0.5) is 20.1 Å². The fourth-order valence-electron chi connectivity index (χ4n) is 10.6. The number of epoxide rings is 1. The number of nitrogens with two attached hydrogens (primary N) is 2. The van der Waals surface area contributed by atoms with E-state index in [0.29, 0.717) is 55.7 Å². The number of ether oxygens (including phenoxy) is 5. The molecule has 0 saturated carbocycles. The molecule has 0 radical (unpaired) electrons. The van der Waals surface area contributed by atoms with Crippen LogP contribution in [0, 0.1) is 17.8 Å². The Labute approximate surface area is 499 Å². The summed E-state index contributed by atoms with van der Waals surface area (Å²) in [7, 11) is 0. The van der Waals surface area contributed by atoms with E-state index in [4.69, 9.17) is 35.2 Å². The Morgan fingerprint density at radius 2 is 1.55 bits per heavy atom. The zero-order valence-corrected chi connectivity index (χ0v) is 51.0. The topological polar surface area (TPSA) is 310 Å². The van der Waals surface area contributed by atoms with E-state index >= 15 is 0 Å². The quantitative estimate of drug-likeness (QED) is 0.0187. The minimum absolute atomic E-state index is 0.0339. The van der Waals surface area contributed by atoms with Gasteiger partial charge in [-0.2, -0.15) is 11.8 Å². The van der Waals surface area contributed by atoms with Gasteiger partial charge in [-0.3, -0.25) is 28.8 Å². The summed E-state index contributed by atoms with van der Waals surface area (Å²) in [5.74, 6) is -1.78. The Morgan fingerprint density at radius 3 is 2.19 bits per heavy atom. The summed E-state index contributed by atoms with van der Waals surface area (Å²) in [6.45, 7) is 13.1. The zero-order valence-electron chi connectivity index (χ0n) is 50.2. The molecule has 0 aliphatic carbocycles. The van der Waals surface area contributed by atoms with Crippen molar-refractivity contribution < 1.29 is 66.8 Å². The monoisotopic (exact) mass is 1190 g/mol. The van der Waals surface area contributed by atoms with Gasteiger partial charge >= 0.3 is 18.2 Å². The number of amides is 8. The first-order valence-electron chi connectivity index (χ1n) is 29.7. The average molecular weight is 1190 g/mol. The molecule has 1 aromatic carbocycles. The number of allylic oxidation sites excluding steroid dienone is 2. The molecule has 84 heavy (non-hydrogen) atoms. The van der Waals surface area contributed by atoms with Crippen LogP contribution in [0.15, 0.2) is 60.2 Å². The first-order chi connectivity index (χ1) is 40.0. The van der Waals surface area contributed by atoms with Crippen LogP contribution in [0.25, 0.3) is 0 Å². The maximum Gasteiger partial charge on any atom is 0.410 e. The van der Waals surface area contributed by atoms with Crippen molar-refractivity contribution in [3.63, 3.8) is 0 Å². The molecule has 4 aliphatic rings. The van der Waals surface area contributed by atoms with Gasteiger partial charge in [0.1, 0.15) is 18.5 Å². The van der Waals surface area contributed by atoms with Crippen molar-refractivity contribution in [3.8, 4) is 0 Å². The van der Waals surface area contributed by atoms with Gasteiger partial charge in [-0.25, -0.2) is 14.4 Å². The molecule has 23 heteroatoms. The van der Waals surface area contributed by atoms with Crippen molar-refractivity contribution in [1.82, 2.24) is 25.8 Å². The first-order valence-corrected chi connectivity index (χ1v) is 31.1. The second kappa shape index (κ2) is 34.6. The number of piperazine rings is 1. The summed E-state index contributed by atoms with van der Waals surface area (Å²) in [6, 6.07) is 4.99. The van der Waals surface area contributed by atoms with E-state index in [0.717, 1.165) is 37.7 Å². The standard InChI is InChI=1S/C61H92N8O14S/c1-39(2)56(67-54(73)15-11-9-8-10-14-47(70)37-84-7)51(71)32-45(13-12-26-64-58(63)76)57(75)65-46-21-19-44(20-22-46)36-79-59(77)68-27-29-69(30-28-68)60(78)81-42(5)18-25-55(74)66-50-31-41(4)52(82-43(50)6)24-17-40(3)16-23-48-34-61(38-80-61)35-49(83-48)33-53(62)72/h16-23,25,39,41-43,45,48-50,52,56H,8-15,24,26-38H2,1-7H3,(H2,62,72)(H,65,75)(H,66,74)(H,67,73)(H3,63,64,76)/b23-16+,25-18-,40-17+/t41-,42-,43+,45+,48+,49+,50+,52-,56-,61+/m0/s1. The van der Waals surface area contributed by atoms with Crippen LogP contribution in [0.5, 0.6) is 0 Å². The van der Waals surface area contributed by atoms with E-state index in [1.807, 2.05) is 46.1 Å². The zero-order chi connectivity index (χ0) is 61.3. The molecule has 1 spiro atoms. The minimum atomic E-state index is -0.802. The predicted octanol–water partition coefficient (Wildman–Crippen LogP) is 6.78. The number of hydrogen-bond acceptors (Lipinski definition) is 15. The Hall–Kier alpha value is -6.30. The number of Topliss-reactive ketones (excluding diaryl/α,β-unsaturated/α-hetero) is 2. The second-order valence-electron chi connectivity index (χ2n) is 23.2. The maximum atomic E-state index is 13.7. The van der Waals surface area contributed by atoms with Crippen LogP contribution in [0.3, 0.4) is 0 Å². The smallest absolute Gasteiger partial charge is 0.410 e. The average Bonchev–Trinajstić information content (AvgIpc) is 2.57. The maximum absolute atomic E-state index is 13.7. The molecular formula is C61H92N8O14S. The van der Waals surface area contributed by atoms with Gasteiger partial charge in [-0.1, -0.05) is 69.5 Å². The fraction of sp³-hybridized carbons (Fsp3) is 0.656. The number of urea groups is 1. The molecule has 4 saturated heterocycles. The van der Waals surface area contributed by atoms with Crippen LogP contribution >= 0.6 is 11.8 Å². The molecule has 8 N–H and O–H groups in total. The van der Waals surface area contributed by atoms with Crippen LogP contribution in [0.2, 0.25) is 0 Å². The molecule has 4 aliphatic heterocycles. The highest BCUT2D eigenvalue weighted by Crippen LogP contribution is 2.43. The molecular weight excluding hydrogens is 1100 g/mol. The van der Waals surface area contributed by atoms with Crippen molar-refractivity contribution in [3.05, 3.63) is 65.8 Å². The lowest BCUT2D eigenvalue weighted by atomic mass is 9.88. The number of hydrogen-bond donors (Lipinski definition) is 6. The van der Waals surface area contributed by atoms with E-state index in [1.165, 1.54) is 33.7 Å². The number of primary amides is 2. The van der Waals surface area contributed by atoms with E-state index in [9.17, 15) is 43.2 Å². The fourth-order valence-corrected chi connectivity index (χ4v) is 11.1. The highest BCUT2D eigenvalue weighted by atomic mass is 32.2. The third-order valence-electron chi connectivity index (χ3n) is 15.6. The summed E-state index contributed by atoms with van der Waals surface area (Å²) in [6.07, 6.45) is 15.8. The summed E-state index contributed by atoms with van der Waals surface area (Å²) in [4.78, 5) is 117. The van der Waals surface area contributed by atoms with E-state index in [2.05, 4.69) is 34.3 Å². The Kier molecular flexibility index (Phi) is 28.2. The van der Waals surface area contributed by atoms with Crippen molar-refractivity contribution in [2.75, 3.05) is 56.7 Å². The number of ketones is 2. The molecule has 10 atom stereocenters. The van der Waals surface area contributed by atoms with Crippen molar-refractivity contribution >= 4 is 70.9 Å². The van der Waals surface area contributed by atoms with Crippen LogP contribution < -0.4 is 32.7 Å². The lowest BCUT2D eigenvalue weighted by Gasteiger charge is -2.39. The normalized spacial score (nSPS) is 23.6.